The summed E-state index contributed by atoms with van der Waals surface area (Å²) >= 11 is 0. The van der Waals surface area contributed by atoms with Gasteiger partial charge >= 0.3 is 0 Å². The summed E-state index contributed by atoms with van der Waals surface area (Å²) in [6, 6.07) is 17.1. The van der Waals surface area contributed by atoms with Gasteiger partial charge in [-0.1, -0.05) is 37.3 Å². The molecule has 5 nitrogen and oxygen atoms in total. The van der Waals surface area contributed by atoms with Gasteiger partial charge in [-0.05, 0) is 30.7 Å². The number of imidazole rings is 1. The molecule has 1 N–H and O–H groups in total. The standard InChI is InChI=1S/C19H21N3O2/c1-3-17(23)19-20-15-11-7-8-12-16(15)22(19)13-18(24)21(2)14-9-5-4-6-10-14/h4-12,17,23H,3,13H2,1-2H3/t17-/m0/s1. The van der Waals surface area contributed by atoms with Crippen LogP contribution in [0.4, 0.5) is 5.69 Å². The highest BCUT2D eigenvalue weighted by Crippen LogP contribution is 2.23. The van der Waals surface area contributed by atoms with Crippen molar-refractivity contribution in [3.8, 4) is 0 Å². The molecule has 5 heteroatoms. The number of rotatable bonds is 5. The van der Waals surface area contributed by atoms with E-state index in [1.807, 2.05) is 66.1 Å². The van der Waals surface area contributed by atoms with Gasteiger partial charge in [-0.3, -0.25) is 4.79 Å². The van der Waals surface area contributed by atoms with Crippen LogP contribution in [0.1, 0.15) is 25.3 Å². The predicted molar refractivity (Wildman–Crippen MR) is 94.8 cm³/mol. The van der Waals surface area contributed by atoms with Crippen molar-refractivity contribution in [1.29, 1.82) is 0 Å². The molecule has 0 fully saturated rings. The van der Waals surface area contributed by atoms with Crippen LogP contribution in [-0.4, -0.2) is 27.6 Å². The molecule has 0 aliphatic carbocycles. The maximum atomic E-state index is 12.7. The smallest absolute Gasteiger partial charge is 0.246 e. The third-order valence-corrected chi connectivity index (χ3v) is 4.18. The molecule has 1 atom stereocenters. The number of hydrogen-bond acceptors (Lipinski definition) is 3. The van der Waals surface area contributed by atoms with E-state index in [9.17, 15) is 9.90 Å². The lowest BCUT2D eigenvalue weighted by Crippen LogP contribution is -2.30. The van der Waals surface area contributed by atoms with Gasteiger partial charge in [0.1, 0.15) is 18.5 Å². The summed E-state index contributed by atoms with van der Waals surface area (Å²) in [5.41, 5.74) is 2.48. The first-order valence-electron chi connectivity index (χ1n) is 8.06. The van der Waals surface area contributed by atoms with Gasteiger partial charge in [-0.25, -0.2) is 4.98 Å². The van der Waals surface area contributed by atoms with Crippen LogP contribution in [0.15, 0.2) is 54.6 Å². The minimum absolute atomic E-state index is 0.0612. The number of nitrogens with zero attached hydrogens (tertiary/aromatic N) is 3. The summed E-state index contributed by atoms with van der Waals surface area (Å²) in [7, 11) is 1.76. The normalized spacial score (nSPS) is 12.3. The van der Waals surface area contributed by atoms with Crippen LogP contribution in [0.3, 0.4) is 0 Å². The van der Waals surface area contributed by atoms with Crippen molar-refractivity contribution < 1.29 is 9.90 Å². The molecule has 0 saturated carbocycles. The molecule has 0 spiro atoms. The highest BCUT2D eigenvalue weighted by Gasteiger charge is 2.20. The highest BCUT2D eigenvalue weighted by atomic mass is 16.3. The van der Waals surface area contributed by atoms with Crippen molar-refractivity contribution in [1.82, 2.24) is 9.55 Å². The van der Waals surface area contributed by atoms with Gasteiger partial charge in [0.2, 0.25) is 5.91 Å². The van der Waals surface area contributed by atoms with Crippen molar-refractivity contribution in [2.24, 2.45) is 0 Å². The zero-order valence-corrected chi connectivity index (χ0v) is 13.9. The zero-order chi connectivity index (χ0) is 17.1. The number of hydrogen-bond donors (Lipinski definition) is 1. The van der Waals surface area contributed by atoms with Crippen LogP contribution < -0.4 is 4.90 Å². The summed E-state index contributed by atoms with van der Waals surface area (Å²) in [6.07, 6.45) is -0.140. The number of benzene rings is 2. The van der Waals surface area contributed by atoms with E-state index in [-0.39, 0.29) is 12.5 Å². The van der Waals surface area contributed by atoms with Crippen LogP contribution in [0.25, 0.3) is 11.0 Å². The van der Waals surface area contributed by atoms with Gasteiger partial charge < -0.3 is 14.6 Å². The van der Waals surface area contributed by atoms with Crippen molar-refractivity contribution in [3.05, 3.63) is 60.4 Å². The summed E-state index contributed by atoms with van der Waals surface area (Å²) in [6.45, 7) is 2.03. The average molecular weight is 323 g/mol. The lowest BCUT2D eigenvalue weighted by atomic mass is 10.2. The maximum absolute atomic E-state index is 12.7. The Balaban J connectivity index is 1.95. The van der Waals surface area contributed by atoms with Crippen LogP contribution in [0.2, 0.25) is 0 Å². The van der Waals surface area contributed by atoms with Gasteiger partial charge in [0.05, 0.1) is 11.0 Å². The molecule has 1 aromatic heterocycles. The molecule has 1 amide bonds. The van der Waals surface area contributed by atoms with Gasteiger partial charge in [0.25, 0.3) is 0 Å². The molecular weight excluding hydrogens is 302 g/mol. The van der Waals surface area contributed by atoms with Gasteiger partial charge in [-0.2, -0.15) is 0 Å². The number of carbonyl (C=O) groups excluding carboxylic acids is 1. The van der Waals surface area contributed by atoms with E-state index in [2.05, 4.69) is 4.98 Å². The highest BCUT2D eigenvalue weighted by molar-refractivity contribution is 5.93. The fourth-order valence-corrected chi connectivity index (χ4v) is 2.73. The van der Waals surface area contributed by atoms with Crippen molar-refractivity contribution in [2.45, 2.75) is 26.0 Å². The number of aromatic nitrogens is 2. The molecule has 0 saturated heterocycles. The van der Waals surface area contributed by atoms with E-state index in [0.29, 0.717) is 12.2 Å². The van der Waals surface area contributed by atoms with E-state index in [1.165, 1.54) is 0 Å². The topological polar surface area (TPSA) is 58.4 Å². The summed E-state index contributed by atoms with van der Waals surface area (Å²) < 4.78 is 1.81. The fourth-order valence-electron chi connectivity index (χ4n) is 2.73. The molecule has 3 aromatic rings. The molecule has 0 bridgehead atoms. The molecular formula is C19H21N3O2. The predicted octanol–water partition coefficient (Wildman–Crippen LogP) is 3.14. The van der Waals surface area contributed by atoms with Crippen molar-refractivity contribution in [3.63, 3.8) is 0 Å². The first kappa shape index (κ1) is 16.2. The minimum Gasteiger partial charge on any atom is -0.385 e. The first-order chi connectivity index (χ1) is 11.6. The first-order valence-corrected chi connectivity index (χ1v) is 8.06. The van der Waals surface area contributed by atoms with Gasteiger partial charge in [-0.15, -0.1) is 0 Å². The fraction of sp³-hybridized carbons (Fsp3) is 0.263. The Morgan fingerprint density at radius 2 is 1.83 bits per heavy atom. The molecule has 1 heterocycles. The number of aliphatic hydroxyl groups is 1. The van der Waals surface area contributed by atoms with E-state index < -0.39 is 6.10 Å². The van der Waals surface area contributed by atoms with Crippen LogP contribution in [0, 0.1) is 0 Å². The molecule has 0 radical (unpaired) electrons. The lowest BCUT2D eigenvalue weighted by Gasteiger charge is -2.19. The minimum atomic E-state index is -0.688. The Bertz CT molecular complexity index is 842. The molecule has 124 valence electrons. The third-order valence-electron chi connectivity index (χ3n) is 4.18. The Morgan fingerprint density at radius 3 is 2.54 bits per heavy atom. The number of anilines is 1. The monoisotopic (exact) mass is 323 g/mol. The van der Waals surface area contributed by atoms with Gasteiger partial charge in [0, 0.05) is 12.7 Å². The van der Waals surface area contributed by atoms with Gasteiger partial charge in [0.15, 0.2) is 0 Å². The second-order valence-electron chi connectivity index (χ2n) is 5.76. The molecule has 24 heavy (non-hydrogen) atoms. The van der Waals surface area contributed by atoms with Crippen molar-refractivity contribution in [2.75, 3.05) is 11.9 Å². The Kier molecular flexibility index (Phi) is 4.62. The number of aliphatic hydroxyl groups excluding tert-OH is 1. The molecule has 0 aliphatic rings. The number of fused-ring (bicyclic) bond motifs is 1. The number of para-hydroxylation sites is 3. The zero-order valence-electron chi connectivity index (χ0n) is 13.9. The lowest BCUT2D eigenvalue weighted by molar-refractivity contribution is -0.118. The number of amides is 1. The maximum Gasteiger partial charge on any atom is 0.246 e. The number of carbonyl (C=O) groups is 1. The Labute approximate surface area is 141 Å². The molecule has 3 rings (SSSR count). The van der Waals surface area contributed by atoms with E-state index >= 15 is 0 Å². The quantitative estimate of drug-likeness (QED) is 0.785. The van der Waals surface area contributed by atoms with Crippen LogP contribution in [-0.2, 0) is 11.3 Å². The molecule has 2 aromatic carbocycles. The molecule has 0 aliphatic heterocycles. The average Bonchev–Trinajstić information content (AvgIpc) is 2.99. The second kappa shape index (κ2) is 6.84. The van der Waals surface area contributed by atoms with E-state index in [0.717, 1.165) is 16.7 Å². The van der Waals surface area contributed by atoms with E-state index in [4.69, 9.17) is 0 Å². The second-order valence-corrected chi connectivity index (χ2v) is 5.76. The van der Waals surface area contributed by atoms with Crippen molar-refractivity contribution >= 4 is 22.6 Å². The van der Waals surface area contributed by atoms with Crippen LogP contribution >= 0.6 is 0 Å². The Morgan fingerprint density at radius 1 is 1.17 bits per heavy atom. The Hall–Kier alpha value is -2.66. The molecule has 0 unspecified atom stereocenters. The van der Waals surface area contributed by atoms with E-state index in [1.54, 1.807) is 11.9 Å². The third kappa shape index (κ3) is 3.03. The largest absolute Gasteiger partial charge is 0.385 e. The summed E-state index contributed by atoms with van der Waals surface area (Å²) in [4.78, 5) is 18.8. The summed E-state index contributed by atoms with van der Waals surface area (Å²) in [5.74, 6) is 0.474. The SMILES string of the molecule is CC[C@H](O)c1nc2ccccc2n1CC(=O)N(C)c1ccccc1. The summed E-state index contributed by atoms with van der Waals surface area (Å²) in [5, 5.41) is 10.3. The van der Waals surface area contributed by atoms with Crippen LogP contribution in [0.5, 0.6) is 0 Å². The number of likely N-dealkylation sites (N-methyl/N-ethyl adjacent to an activating group) is 1.